The Morgan fingerprint density at radius 3 is 2.93 bits per heavy atom. The summed E-state index contributed by atoms with van der Waals surface area (Å²) in [7, 11) is 0. The molecule has 1 aromatic rings. The molecule has 1 aliphatic rings. The van der Waals surface area contributed by atoms with Gasteiger partial charge in [0.1, 0.15) is 17.2 Å². The molecule has 1 N–H and O–H groups in total. The number of fused-ring (bicyclic) bond motifs is 1. The highest BCUT2D eigenvalue weighted by Crippen LogP contribution is 2.39. The third kappa shape index (κ3) is 1.60. The maximum absolute atomic E-state index is 12.9. The molecule has 1 atom stereocenters. The van der Waals surface area contributed by atoms with E-state index in [2.05, 4.69) is 0 Å². The minimum atomic E-state index is -0.561. The Balaban J connectivity index is 2.46. The molecular weight excluding hydrogens is 183 g/mol. The van der Waals surface area contributed by atoms with Gasteiger partial charge in [0.05, 0.1) is 6.10 Å². The van der Waals surface area contributed by atoms with Crippen LogP contribution in [0.25, 0.3) is 0 Å². The van der Waals surface area contributed by atoms with Gasteiger partial charge in [-0.15, -0.1) is 0 Å². The highest BCUT2D eigenvalue weighted by atomic mass is 19.1. The van der Waals surface area contributed by atoms with Gasteiger partial charge >= 0.3 is 0 Å². The lowest BCUT2D eigenvalue weighted by Crippen LogP contribution is -2.34. The zero-order valence-corrected chi connectivity index (χ0v) is 8.25. The fourth-order valence-electron chi connectivity index (χ4n) is 1.79. The van der Waals surface area contributed by atoms with Crippen LogP contribution in [0.5, 0.6) is 5.75 Å². The fraction of sp³-hybridized carbons (Fsp3) is 0.455. The quantitative estimate of drug-likeness (QED) is 0.690. The van der Waals surface area contributed by atoms with E-state index in [4.69, 9.17) is 4.74 Å². The molecule has 1 heterocycles. The number of aliphatic hydroxyl groups is 1. The second-order valence-corrected chi connectivity index (χ2v) is 4.26. The van der Waals surface area contributed by atoms with Crippen molar-refractivity contribution >= 4 is 0 Å². The van der Waals surface area contributed by atoms with Gasteiger partial charge in [0, 0.05) is 18.1 Å². The Bertz CT molecular complexity index is 360. The number of ether oxygens (including phenoxy) is 1. The standard InChI is InChI=1S/C11H13FO2/c1-11(2)6-9(13)8-4-3-7(12)5-10(8)14-11/h3-5,9,13H,6H2,1-2H3/t9-/m0/s1. The number of halogens is 1. The zero-order valence-electron chi connectivity index (χ0n) is 8.25. The average Bonchev–Trinajstić information content (AvgIpc) is 2.00. The molecule has 0 unspecified atom stereocenters. The van der Waals surface area contributed by atoms with Crippen LogP contribution in [0, 0.1) is 5.82 Å². The van der Waals surface area contributed by atoms with E-state index in [9.17, 15) is 9.50 Å². The van der Waals surface area contributed by atoms with Crippen LogP contribution in [0.1, 0.15) is 31.9 Å². The van der Waals surface area contributed by atoms with Crippen molar-refractivity contribution in [2.75, 3.05) is 0 Å². The first-order valence-corrected chi connectivity index (χ1v) is 4.64. The summed E-state index contributed by atoms with van der Waals surface area (Å²) in [6, 6.07) is 4.23. The van der Waals surface area contributed by atoms with Gasteiger partial charge < -0.3 is 9.84 Å². The summed E-state index contributed by atoms with van der Waals surface area (Å²) in [6.07, 6.45) is -0.0274. The maximum atomic E-state index is 12.9. The van der Waals surface area contributed by atoms with E-state index in [1.807, 2.05) is 13.8 Å². The van der Waals surface area contributed by atoms with Crippen LogP contribution < -0.4 is 4.74 Å². The van der Waals surface area contributed by atoms with Gasteiger partial charge in [-0.3, -0.25) is 0 Å². The Morgan fingerprint density at radius 2 is 2.21 bits per heavy atom. The molecule has 1 aromatic carbocycles. The van der Waals surface area contributed by atoms with Crippen molar-refractivity contribution in [3.63, 3.8) is 0 Å². The lowest BCUT2D eigenvalue weighted by Gasteiger charge is -2.35. The molecule has 14 heavy (non-hydrogen) atoms. The number of hydrogen-bond donors (Lipinski definition) is 1. The third-order valence-corrected chi connectivity index (χ3v) is 2.41. The van der Waals surface area contributed by atoms with E-state index < -0.39 is 11.7 Å². The Morgan fingerprint density at radius 1 is 1.50 bits per heavy atom. The van der Waals surface area contributed by atoms with E-state index in [1.54, 1.807) is 6.07 Å². The van der Waals surface area contributed by atoms with Crippen LogP contribution in [0.4, 0.5) is 4.39 Å². The van der Waals surface area contributed by atoms with Gasteiger partial charge in [-0.2, -0.15) is 0 Å². The van der Waals surface area contributed by atoms with Gasteiger partial charge in [-0.05, 0) is 26.0 Å². The molecule has 0 bridgehead atoms. The van der Waals surface area contributed by atoms with Crippen LogP contribution in [0.15, 0.2) is 18.2 Å². The SMILES string of the molecule is CC1(C)C[C@H](O)c2ccc(F)cc2O1. The summed E-state index contributed by atoms with van der Waals surface area (Å²) in [6.45, 7) is 3.76. The second-order valence-electron chi connectivity index (χ2n) is 4.26. The van der Waals surface area contributed by atoms with Crippen LogP contribution in [0.3, 0.4) is 0 Å². The normalized spacial score (nSPS) is 23.9. The van der Waals surface area contributed by atoms with Crippen LogP contribution >= 0.6 is 0 Å². The van der Waals surface area contributed by atoms with Crippen molar-refractivity contribution in [2.45, 2.75) is 32.0 Å². The molecule has 0 saturated heterocycles. The van der Waals surface area contributed by atoms with E-state index in [-0.39, 0.29) is 5.82 Å². The van der Waals surface area contributed by atoms with E-state index >= 15 is 0 Å². The average molecular weight is 196 g/mol. The summed E-state index contributed by atoms with van der Waals surface area (Å²) in [5.74, 6) is 0.113. The van der Waals surface area contributed by atoms with Gasteiger partial charge in [0.2, 0.25) is 0 Å². The minimum absolute atomic E-state index is 0.339. The van der Waals surface area contributed by atoms with E-state index in [0.29, 0.717) is 17.7 Å². The molecule has 0 spiro atoms. The van der Waals surface area contributed by atoms with Crippen molar-refractivity contribution in [2.24, 2.45) is 0 Å². The molecule has 0 aliphatic carbocycles. The van der Waals surface area contributed by atoms with Crippen LogP contribution in [0.2, 0.25) is 0 Å². The topological polar surface area (TPSA) is 29.5 Å². The smallest absolute Gasteiger partial charge is 0.128 e. The molecule has 0 aromatic heterocycles. The van der Waals surface area contributed by atoms with Crippen LogP contribution in [-0.2, 0) is 0 Å². The van der Waals surface area contributed by atoms with Gasteiger partial charge in [-0.1, -0.05) is 0 Å². The lowest BCUT2D eigenvalue weighted by molar-refractivity contribution is 0.0112. The summed E-state index contributed by atoms with van der Waals surface area (Å²) in [5, 5.41) is 9.79. The Kier molecular flexibility index (Phi) is 2.00. The molecular formula is C11H13FO2. The summed E-state index contributed by atoms with van der Waals surface area (Å²) >= 11 is 0. The van der Waals surface area contributed by atoms with Crippen molar-refractivity contribution in [1.29, 1.82) is 0 Å². The first-order chi connectivity index (χ1) is 6.48. The second kappa shape index (κ2) is 2.95. The molecule has 76 valence electrons. The molecule has 0 fully saturated rings. The summed E-state index contributed by atoms with van der Waals surface area (Å²) < 4.78 is 18.5. The van der Waals surface area contributed by atoms with Crippen molar-refractivity contribution in [3.8, 4) is 5.75 Å². The van der Waals surface area contributed by atoms with Gasteiger partial charge in [0.25, 0.3) is 0 Å². The van der Waals surface area contributed by atoms with Crippen molar-refractivity contribution in [3.05, 3.63) is 29.6 Å². The number of rotatable bonds is 0. The summed E-state index contributed by atoms with van der Waals surface area (Å²) in [5.41, 5.74) is 0.242. The van der Waals surface area contributed by atoms with E-state index in [1.165, 1.54) is 12.1 Å². The first-order valence-electron chi connectivity index (χ1n) is 4.64. The summed E-state index contributed by atoms with van der Waals surface area (Å²) in [4.78, 5) is 0. The predicted molar refractivity (Wildman–Crippen MR) is 50.7 cm³/mol. The fourth-order valence-corrected chi connectivity index (χ4v) is 1.79. The largest absolute Gasteiger partial charge is 0.487 e. The number of benzene rings is 1. The highest BCUT2D eigenvalue weighted by molar-refractivity contribution is 5.38. The molecule has 3 heteroatoms. The lowest BCUT2D eigenvalue weighted by atomic mass is 9.92. The molecule has 1 aliphatic heterocycles. The molecule has 0 radical (unpaired) electrons. The monoisotopic (exact) mass is 196 g/mol. The van der Waals surface area contributed by atoms with Crippen molar-refractivity contribution in [1.82, 2.24) is 0 Å². The molecule has 2 nitrogen and oxygen atoms in total. The van der Waals surface area contributed by atoms with Crippen LogP contribution in [-0.4, -0.2) is 10.7 Å². The number of hydrogen-bond acceptors (Lipinski definition) is 2. The molecule has 0 saturated carbocycles. The van der Waals surface area contributed by atoms with E-state index in [0.717, 1.165) is 0 Å². The van der Waals surface area contributed by atoms with Gasteiger partial charge in [0.15, 0.2) is 0 Å². The first kappa shape index (κ1) is 9.46. The number of aliphatic hydroxyl groups excluding tert-OH is 1. The van der Waals surface area contributed by atoms with Crippen molar-refractivity contribution < 1.29 is 14.2 Å². The molecule has 0 amide bonds. The minimum Gasteiger partial charge on any atom is -0.487 e. The third-order valence-electron chi connectivity index (χ3n) is 2.41. The molecule has 2 rings (SSSR count). The van der Waals surface area contributed by atoms with Gasteiger partial charge in [-0.25, -0.2) is 4.39 Å². The zero-order chi connectivity index (χ0) is 10.3. The highest BCUT2D eigenvalue weighted by Gasteiger charge is 2.32. The Hall–Kier alpha value is -1.09. The maximum Gasteiger partial charge on any atom is 0.128 e. The Labute approximate surface area is 82.3 Å². The predicted octanol–water partition coefficient (Wildman–Crippen LogP) is 2.42.